The Bertz CT molecular complexity index is 915. The second kappa shape index (κ2) is 7.27. The fourth-order valence-corrected chi connectivity index (χ4v) is 2.88. The maximum Gasteiger partial charge on any atom is 0.221 e. The van der Waals surface area contributed by atoms with E-state index < -0.39 is 0 Å². The number of hydrogen-bond acceptors (Lipinski definition) is 3. The molecule has 3 aromatic rings. The molecule has 0 atom stereocenters. The van der Waals surface area contributed by atoms with Crippen LogP contribution in [0.4, 0.5) is 5.69 Å². The van der Waals surface area contributed by atoms with Gasteiger partial charge in [0.1, 0.15) is 10.8 Å². The van der Waals surface area contributed by atoms with Gasteiger partial charge in [-0.25, -0.2) is 4.98 Å². The highest BCUT2D eigenvalue weighted by Crippen LogP contribution is 2.22. The Balaban J connectivity index is 1.89. The van der Waals surface area contributed by atoms with Gasteiger partial charge in [-0.05, 0) is 29.8 Å². The standard InChI is InChI=1S/C19H18N4OS/c1-13(24)22-16-8-6-14(7-9-16)19-21-10-11-23(19)12-15-4-2-3-5-17(15)18(20)25/h2-11H,12H2,1H3,(H2,20,25)(H,22,24). The molecule has 0 unspecified atom stereocenters. The molecule has 0 spiro atoms. The van der Waals surface area contributed by atoms with Crippen LogP contribution in [-0.4, -0.2) is 20.4 Å². The van der Waals surface area contributed by atoms with Gasteiger partial charge < -0.3 is 15.6 Å². The molecule has 0 bridgehead atoms. The predicted octanol–water partition coefficient (Wildman–Crippen LogP) is 3.19. The summed E-state index contributed by atoms with van der Waals surface area (Å²) in [5.74, 6) is 0.746. The topological polar surface area (TPSA) is 72.9 Å². The van der Waals surface area contributed by atoms with Crippen LogP contribution in [0.25, 0.3) is 11.4 Å². The third kappa shape index (κ3) is 3.92. The van der Waals surface area contributed by atoms with E-state index in [0.717, 1.165) is 28.2 Å². The number of thiocarbonyl (C=S) groups is 1. The van der Waals surface area contributed by atoms with Crippen molar-refractivity contribution in [3.05, 3.63) is 72.1 Å². The minimum absolute atomic E-state index is 0.0939. The molecular formula is C19H18N4OS. The lowest BCUT2D eigenvalue weighted by atomic mass is 10.1. The van der Waals surface area contributed by atoms with Gasteiger partial charge in [0.2, 0.25) is 5.91 Å². The lowest BCUT2D eigenvalue weighted by Crippen LogP contribution is -2.14. The molecule has 0 fully saturated rings. The number of nitrogens with zero attached hydrogens (tertiary/aromatic N) is 2. The van der Waals surface area contributed by atoms with E-state index in [1.165, 1.54) is 6.92 Å². The summed E-state index contributed by atoms with van der Waals surface area (Å²) in [6.45, 7) is 2.11. The van der Waals surface area contributed by atoms with Gasteiger partial charge in [0, 0.05) is 42.7 Å². The smallest absolute Gasteiger partial charge is 0.221 e. The number of anilines is 1. The number of nitrogens with two attached hydrogens (primary N) is 1. The first-order valence-electron chi connectivity index (χ1n) is 7.81. The van der Waals surface area contributed by atoms with Gasteiger partial charge in [0.05, 0.1) is 0 Å². The maximum absolute atomic E-state index is 11.1. The van der Waals surface area contributed by atoms with Crippen LogP contribution in [0.1, 0.15) is 18.1 Å². The van der Waals surface area contributed by atoms with Crippen LogP contribution < -0.4 is 11.1 Å². The molecule has 2 aromatic carbocycles. The van der Waals surface area contributed by atoms with Crippen molar-refractivity contribution in [1.82, 2.24) is 9.55 Å². The lowest BCUT2D eigenvalue weighted by molar-refractivity contribution is -0.114. The normalized spacial score (nSPS) is 10.4. The van der Waals surface area contributed by atoms with Crippen LogP contribution in [0.2, 0.25) is 0 Å². The van der Waals surface area contributed by atoms with Crippen LogP contribution in [0.5, 0.6) is 0 Å². The van der Waals surface area contributed by atoms with Crippen molar-refractivity contribution in [1.29, 1.82) is 0 Å². The second-order valence-corrected chi connectivity index (χ2v) is 6.10. The quantitative estimate of drug-likeness (QED) is 0.693. The highest BCUT2D eigenvalue weighted by atomic mass is 32.1. The van der Waals surface area contributed by atoms with Gasteiger partial charge in [-0.3, -0.25) is 4.79 Å². The Labute approximate surface area is 151 Å². The van der Waals surface area contributed by atoms with Gasteiger partial charge in [-0.15, -0.1) is 0 Å². The van der Waals surface area contributed by atoms with Crippen LogP contribution in [0.3, 0.4) is 0 Å². The first kappa shape index (κ1) is 16.9. The fourth-order valence-electron chi connectivity index (χ4n) is 2.69. The zero-order chi connectivity index (χ0) is 17.8. The predicted molar refractivity (Wildman–Crippen MR) is 103 cm³/mol. The minimum atomic E-state index is -0.0939. The second-order valence-electron chi connectivity index (χ2n) is 5.66. The third-order valence-electron chi connectivity index (χ3n) is 3.80. The van der Waals surface area contributed by atoms with Crippen molar-refractivity contribution in [2.24, 2.45) is 5.73 Å². The average molecular weight is 350 g/mol. The average Bonchev–Trinajstić information content (AvgIpc) is 3.03. The highest BCUT2D eigenvalue weighted by molar-refractivity contribution is 7.80. The van der Waals surface area contributed by atoms with E-state index in [-0.39, 0.29) is 5.91 Å². The highest BCUT2D eigenvalue weighted by Gasteiger charge is 2.10. The molecule has 3 N–H and O–H groups in total. The van der Waals surface area contributed by atoms with Gasteiger partial charge in [0.25, 0.3) is 0 Å². The first-order valence-corrected chi connectivity index (χ1v) is 8.22. The Kier molecular flexibility index (Phi) is 4.90. The molecule has 126 valence electrons. The number of hydrogen-bond donors (Lipinski definition) is 2. The molecule has 0 radical (unpaired) electrons. The van der Waals surface area contributed by atoms with Gasteiger partial charge in [-0.2, -0.15) is 0 Å². The molecule has 0 saturated carbocycles. The maximum atomic E-state index is 11.1. The van der Waals surface area contributed by atoms with Crippen molar-refractivity contribution in [3.63, 3.8) is 0 Å². The largest absolute Gasteiger partial charge is 0.389 e. The third-order valence-corrected chi connectivity index (χ3v) is 4.02. The van der Waals surface area contributed by atoms with Gasteiger partial charge in [0.15, 0.2) is 0 Å². The molecule has 0 aliphatic rings. The molecule has 5 nitrogen and oxygen atoms in total. The van der Waals surface area contributed by atoms with Gasteiger partial charge in [-0.1, -0.05) is 36.5 Å². The number of amides is 1. The molecule has 0 aliphatic carbocycles. The summed E-state index contributed by atoms with van der Waals surface area (Å²) < 4.78 is 2.05. The summed E-state index contributed by atoms with van der Waals surface area (Å²) in [4.78, 5) is 16.0. The summed E-state index contributed by atoms with van der Waals surface area (Å²) in [6.07, 6.45) is 3.69. The number of benzene rings is 2. The molecule has 3 rings (SSSR count). The van der Waals surface area contributed by atoms with Crippen LogP contribution >= 0.6 is 12.2 Å². The van der Waals surface area contributed by atoms with Crippen LogP contribution in [0, 0.1) is 0 Å². The Morgan fingerprint density at radius 3 is 2.60 bits per heavy atom. The first-order chi connectivity index (χ1) is 12.0. The number of carbonyl (C=O) groups excluding carboxylic acids is 1. The summed E-state index contributed by atoms with van der Waals surface area (Å²) in [7, 11) is 0. The lowest BCUT2D eigenvalue weighted by Gasteiger charge is -2.12. The number of nitrogens with one attached hydrogen (secondary N) is 1. The molecule has 25 heavy (non-hydrogen) atoms. The van der Waals surface area contributed by atoms with E-state index in [2.05, 4.69) is 10.3 Å². The zero-order valence-corrected chi connectivity index (χ0v) is 14.6. The Morgan fingerprint density at radius 1 is 1.20 bits per heavy atom. The molecular weight excluding hydrogens is 332 g/mol. The van der Waals surface area contributed by atoms with Crippen LogP contribution in [-0.2, 0) is 11.3 Å². The monoisotopic (exact) mass is 350 g/mol. The van der Waals surface area contributed by atoms with E-state index in [0.29, 0.717) is 11.5 Å². The van der Waals surface area contributed by atoms with E-state index in [9.17, 15) is 4.79 Å². The number of carbonyl (C=O) groups is 1. The fraction of sp³-hybridized carbons (Fsp3) is 0.105. The van der Waals surface area contributed by atoms with E-state index in [1.54, 1.807) is 6.20 Å². The van der Waals surface area contributed by atoms with E-state index in [1.807, 2.05) is 59.3 Å². The summed E-state index contributed by atoms with van der Waals surface area (Å²) in [6, 6.07) is 15.4. The molecule has 1 heterocycles. The molecule has 6 heteroatoms. The summed E-state index contributed by atoms with van der Waals surface area (Å²) in [5.41, 5.74) is 9.46. The number of rotatable bonds is 5. The van der Waals surface area contributed by atoms with Crippen molar-refractivity contribution in [2.75, 3.05) is 5.32 Å². The molecule has 1 aromatic heterocycles. The minimum Gasteiger partial charge on any atom is -0.389 e. The van der Waals surface area contributed by atoms with Crippen molar-refractivity contribution >= 4 is 28.8 Å². The van der Waals surface area contributed by atoms with E-state index in [4.69, 9.17) is 18.0 Å². The molecule has 0 saturated heterocycles. The van der Waals surface area contributed by atoms with E-state index >= 15 is 0 Å². The van der Waals surface area contributed by atoms with Crippen LogP contribution in [0.15, 0.2) is 60.9 Å². The van der Waals surface area contributed by atoms with Crippen molar-refractivity contribution in [3.8, 4) is 11.4 Å². The Hall–Kier alpha value is -2.99. The molecule has 1 amide bonds. The van der Waals surface area contributed by atoms with Gasteiger partial charge >= 0.3 is 0 Å². The summed E-state index contributed by atoms with van der Waals surface area (Å²) in [5, 5.41) is 2.76. The SMILES string of the molecule is CC(=O)Nc1ccc(-c2nccn2Cc2ccccc2C(N)=S)cc1. The summed E-state index contributed by atoms with van der Waals surface area (Å²) >= 11 is 5.14. The van der Waals surface area contributed by atoms with Crippen molar-refractivity contribution in [2.45, 2.75) is 13.5 Å². The number of aromatic nitrogens is 2. The molecule has 0 aliphatic heterocycles. The number of imidazole rings is 1. The Morgan fingerprint density at radius 2 is 1.92 bits per heavy atom. The zero-order valence-electron chi connectivity index (χ0n) is 13.8. The van der Waals surface area contributed by atoms with Crippen molar-refractivity contribution < 1.29 is 4.79 Å².